The van der Waals surface area contributed by atoms with E-state index < -0.39 is 0 Å². The Balaban J connectivity index is 0.00000264. The fourth-order valence-electron chi connectivity index (χ4n) is 1.99. The van der Waals surface area contributed by atoms with Crippen molar-refractivity contribution < 1.29 is 21.8 Å². The Morgan fingerprint density at radius 1 is 1.13 bits per heavy atom. The highest BCUT2D eigenvalue weighted by atomic mass is 35.5. The molecule has 0 fully saturated rings. The van der Waals surface area contributed by atoms with Crippen LogP contribution in [0.3, 0.4) is 0 Å². The summed E-state index contributed by atoms with van der Waals surface area (Å²) in [6.45, 7) is 6.79. The van der Waals surface area contributed by atoms with Crippen LogP contribution in [0.4, 0.5) is 0 Å². The quantitative estimate of drug-likeness (QED) is 0.455. The number of hydrogen-bond acceptors (Lipinski definition) is 2. The van der Waals surface area contributed by atoms with Crippen molar-refractivity contribution in [2.24, 2.45) is 5.10 Å². The maximum Gasteiger partial charge on any atom is 0.305 e. The Morgan fingerprint density at radius 3 is 2.30 bits per heavy atom. The minimum absolute atomic E-state index is 0. The van der Waals surface area contributed by atoms with Gasteiger partial charge >= 0.3 is 5.91 Å². The number of nitrogens with one attached hydrogen (secondary N) is 1. The highest BCUT2D eigenvalue weighted by Gasteiger charge is 2.12. The van der Waals surface area contributed by atoms with Gasteiger partial charge in [-0.05, 0) is 16.5 Å². The molecule has 23 heavy (non-hydrogen) atoms. The number of hydrazone groups is 1. The second-order valence-corrected chi connectivity index (χ2v) is 6.21. The molecular formula is C18H22ClN3O. The zero-order chi connectivity index (χ0) is 16.0. The molecule has 1 heterocycles. The zero-order valence-electron chi connectivity index (χ0n) is 13.7. The molecule has 0 aliphatic heterocycles. The second kappa shape index (κ2) is 8.44. The molecule has 0 aliphatic carbocycles. The summed E-state index contributed by atoms with van der Waals surface area (Å²) in [6.07, 6.45) is 5.34. The molecule has 0 saturated carbocycles. The molecule has 0 unspecified atom stereocenters. The van der Waals surface area contributed by atoms with Crippen LogP contribution in [-0.4, -0.2) is 12.1 Å². The molecule has 5 heteroatoms. The average molecular weight is 332 g/mol. The molecule has 4 nitrogen and oxygen atoms in total. The minimum atomic E-state index is -0.154. The molecule has 0 aliphatic rings. The standard InChI is InChI=1S/C18H21N3O.ClH/c1-18(2,3)16-9-7-15(8-10-16)13-19-20-17(22)14-21-11-5-4-6-12-21;/h4-13H,14H2,1-3H3;1H/b19-13+;. The van der Waals surface area contributed by atoms with Crippen LogP contribution in [0.5, 0.6) is 0 Å². The molecule has 0 bridgehead atoms. The van der Waals surface area contributed by atoms with Crippen LogP contribution in [0.1, 0.15) is 31.9 Å². The molecule has 122 valence electrons. The largest absolute Gasteiger partial charge is 1.00 e. The van der Waals surface area contributed by atoms with Crippen molar-refractivity contribution >= 4 is 12.1 Å². The number of amides is 1. The highest BCUT2D eigenvalue weighted by Crippen LogP contribution is 2.21. The molecular weight excluding hydrogens is 310 g/mol. The summed E-state index contributed by atoms with van der Waals surface area (Å²) in [5.41, 5.74) is 4.90. The molecule has 0 spiro atoms. The van der Waals surface area contributed by atoms with Gasteiger partial charge in [0.05, 0.1) is 6.21 Å². The molecule has 1 amide bonds. The Morgan fingerprint density at radius 2 is 1.74 bits per heavy atom. The number of benzene rings is 1. The topological polar surface area (TPSA) is 45.3 Å². The van der Waals surface area contributed by atoms with E-state index in [0.29, 0.717) is 0 Å². The van der Waals surface area contributed by atoms with Gasteiger partial charge in [0.15, 0.2) is 12.4 Å². The molecule has 0 radical (unpaired) electrons. The maximum absolute atomic E-state index is 11.7. The molecule has 1 aromatic heterocycles. The summed E-state index contributed by atoms with van der Waals surface area (Å²) in [5.74, 6) is -0.154. The summed E-state index contributed by atoms with van der Waals surface area (Å²) in [6, 6.07) is 13.9. The van der Waals surface area contributed by atoms with Crippen molar-refractivity contribution in [3.8, 4) is 0 Å². The summed E-state index contributed by atoms with van der Waals surface area (Å²) < 4.78 is 1.79. The number of nitrogens with zero attached hydrogens (tertiary/aromatic N) is 2. The van der Waals surface area contributed by atoms with Gasteiger partial charge in [-0.1, -0.05) is 51.1 Å². The molecule has 0 atom stereocenters. The maximum atomic E-state index is 11.7. The first-order valence-corrected chi connectivity index (χ1v) is 7.32. The van der Waals surface area contributed by atoms with Gasteiger partial charge in [0.25, 0.3) is 0 Å². The number of pyridine rings is 1. The van der Waals surface area contributed by atoms with Crippen molar-refractivity contribution in [3.05, 3.63) is 66.0 Å². The summed E-state index contributed by atoms with van der Waals surface area (Å²) >= 11 is 0. The third-order valence-corrected chi connectivity index (χ3v) is 3.28. The van der Waals surface area contributed by atoms with E-state index in [2.05, 4.69) is 43.4 Å². The lowest BCUT2D eigenvalue weighted by Crippen LogP contribution is -3.00. The molecule has 1 aromatic carbocycles. The van der Waals surface area contributed by atoms with Crippen molar-refractivity contribution in [1.82, 2.24) is 5.43 Å². The van der Waals surface area contributed by atoms with Gasteiger partial charge in [-0.25, -0.2) is 5.43 Å². The monoisotopic (exact) mass is 331 g/mol. The van der Waals surface area contributed by atoms with E-state index in [1.165, 1.54) is 5.56 Å². The average Bonchev–Trinajstić information content (AvgIpc) is 2.48. The fourth-order valence-corrected chi connectivity index (χ4v) is 1.99. The number of carbonyl (C=O) groups excluding carboxylic acids is 1. The normalized spacial score (nSPS) is 11.1. The van der Waals surface area contributed by atoms with Crippen molar-refractivity contribution in [2.45, 2.75) is 32.7 Å². The van der Waals surface area contributed by atoms with E-state index in [4.69, 9.17) is 0 Å². The lowest BCUT2D eigenvalue weighted by Gasteiger charge is -2.18. The Hall–Kier alpha value is -2.20. The fraction of sp³-hybridized carbons (Fsp3) is 0.278. The van der Waals surface area contributed by atoms with Crippen molar-refractivity contribution in [2.75, 3.05) is 0 Å². The number of carbonyl (C=O) groups is 1. The van der Waals surface area contributed by atoms with Crippen LogP contribution in [-0.2, 0) is 16.8 Å². The lowest BCUT2D eigenvalue weighted by molar-refractivity contribution is -0.684. The predicted octanol–water partition coefficient (Wildman–Crippen LogP) is -0.574. The summed E-state index contributed by atoms with van der Waals surface area (Å²) in [5, 5.41) is 3.99. The van der Waals surface area contributed by atoms with E-state index in [1.54, 1.807) is 10.8 Å². The smallest absolute Gasteiger partial charge is 0.305 e. The third kappa shape index (κ3) is 6.20. The number of aromatic nitrogens is 1. The predicted molar refractivity (Wildman–Crippen MR) is 87.5 cm³/mol. The second-order valence-electron chi connectivity index (χ2n) is 6.21. The van der Waals surface area contributed by atoms with Crippen LogP contribution in [0.25, 0.3) is 0 Å². The summed E-state index contributed by atoms with van der Waals surface area (Å²) in [4.78, 5) is 11.7. The van der Waals surface area contributed by atoms with E-state index in [0.717, 1.165) is 5.56 Å². The van der Waals surface area contributed by atoms with Crippen LogP contribution in [0.2, 0.25) is 0 Å². The SMILES string of the molecule is CC(C)(C)c1ccc(/C=N/NC(=O)C[n+]2ccccc2)cc1.[Cl-]. The van der Waals surface area contributed by atoms with Crippen molar-refractivity contribution in [3.63, 3.8) is 0 Å². The van der Waals surface area contributed by atoms with Crippen molar-refractivity contribution in [1.29, 1.82) is 0 Å². The lowest BCUT2D eigenvalue weighted by atomic mass is 9.87. The zero-order valence-corrected chi connectivity index (χ0v) is 14.4. The number of hydrogen-bond donors (Lipinski definition) is 1. The molecule has 1 N–H and O–H groups in total. The van der Waals surface area contributed by atoms with Gasteiger partial charge in [-0.15, -0.1) is 0 Å². The molecule has 2 rings (SSSR count). The van der Waals surface area contributed by atoms with Gasteiger partial charge < -0.3 is 12.4 Å². The van der Waals surface area contributed by atoms with E-state index >= 15 is 0 Å². The van der Waals surface area contributed by atoms with Crippen LogP contribution < -0.4 is 22.4 Å². The van der Waals surface area contributed by atoms with Gasteiger partial charge in [-0.3, -0.25) is 4.79 Å². The van der Waals surface area contributed by atoms with Gasteiger partial charge in [-0.2, -0.15) is 9.67 Å². The Labute approximate surface area is 143 Å². The van der Waals surface area contributed by atoms with Crippen LogP contribution in [0, 0.1) is 0 Å². The first-order chi connectivity index (χ1) is 10.4. The van der Waals surface area contributed by atoms with Gasteiger partial charge in [0.2, 0.25) is 6.54 Å². The van der Waals surface area contributed by atoms with E-state index in [-0.39, 0.29) is 30.3 Å². The first kappa shape index (κ1) is 18.8. The Kier molecular flexibility index (Phi) is 6.91. The third-order valence-electron chi connectivity index (χ3n) is 3.28. The van der Waals surface area contributed by atoms with E-state index in [9.17, 15) is 4.79 Å². The van der Waals surface area contributed by atoms with Gasteiger partial charge in [0.1, 0.15) is 0 Å². The molecule has 0 saturated heterocycles. The summed E-state index contributed by atoms with van der Waals surface area (Å²) in [7, 11) is 0. The van der Waals surface area contributed by atoms with Crippen LogP contribution in [0.15, 0.2) is 60.0 Å². The minimum Gasteiger partial charge on any atom is -1.00 e. The number of rotatable bonds is 4. The highest BCUT2D eigenvalue weighted by molar-refractivity contribution is 5.82. The van der Waals surface area contributed by atoms with Crippen LogP contribution >= 0.6 is 0 Å². The van der Waals surface area contributed by atoms with Gasteiger partial charge in [0, 0.05) is 12.1 Å². The Bertz CT molecular complexity index is 646. The number of halogens is 1. The molecule has 2 aromatic rings. The van der Waals surface area contributed by atoms with E-state index in [1.807, 2.05) is 42.7 Å². The first-order valence-electron chi connectivity index (χ1n) is 7.32.